The van der Waals surface area contributed by atoms with Crippen molar-refractivity contribution in [3.05, 3.63) is 82.9 Å². The maximum atomic E-state index is 15.8. The Kier molecular flexibility index (Phi) is 13.4. The van der Waals surface area contributed by atoms with Crippen molar-refractivity contribution in [1.29, 1.82) is 0 Å². The number of amides is 1. The second-order valence-electron chi connectivity index (χ2n) is 18.9. The van der Waals surface area contributed by atoms with Crippen LogP contribution in [0.3, 0.4) is 0 Å². The lowest BCUT2D eigenvalue weighted by atomic mass is 9.42. The van der Waals surface area contributed by atoms with Crippen molar-refractivity contribution in [2.24, 2.45) is 22.2 Å². The summed E-state index contributed by atoms with van der Waals surface area (Å²) in [5, 5.41) is 28.2. The molecule has 2 aromatic rings. The van der Waals surface area contributed by atoms with E-state index in [1.807, 2.05) is 27.7 Å². The molecule has 3 fully saturated rings. The van der Waals surface area contributed by atoms with E-state index < -0.39 is 94.1 Å². The van der Waals surface area contributed by atoms with E-state index >= 15 is 4.79 Å². The number of ether oxygens (including phenoxy) is 4. The SMILES string of the molecule is CC[B]OC1C[C@H]2OC[C@@]2(C)[C@H]2[C@H](OC(=O)c3ccccc3)[C@]3(O)C[C@H](OC(=O)[C@H](O)[C@@H](NC(=O)OC(C)(C)C)c4ccccc4)C(C)=C([C@@H](O[B]CC)C(=O)[C@]12C)C3(C)C. The number of alkyl carbamates (subject to hydrolysis) is 1. The van der Waals surface area contributed by atoms with Gasteiger partial charge in [-0.1, -0.05) is 95.8 Å². The van der Waals surface area contributed by atoms with Crippen molar-refractivity contribution in [2.45, 2.75) is 149 Å². The first-order chi connectivity index (χ1) is 28.6. The van der Waals surface area contributed by atoms with Crippen LogP contribution in [0.4, 0.5) is 4.79 Å². The molecule has 1 unspecified atom stereocenters. The Morgan fingerprint density at radius 1 is 0.934 bits per heavy atom. The quantitative estimate of drug-likeness (QED) is 0.0913. The molecule has 2 aromatic carbocycles. The van der Waals surface area contributed by atoms with Crippen LogP contribution >= 0.6 is 0 Å². The first-order valence-electron chi connectivity index (χ1n) is 21.4. The van der Waals surface area contributed by atoms with Crippen molar-refractivity contribution in [3.63, 3.8) is 0 Å². The van der Waals surface area contributed by atoms with Crippen LogP contribution in [-0.2, 0) is 37.8 Å². The van der Waals surface area contributed by atoms with Gasteiger partial charge >= 0.3 is 18.0 Å². The van der Waals surface area contributed by atoms with Crippen LogP contribution in [0.15, 0.2) is 71.8 Å². The van der Waals surface area contributed by atoms with E-state index in [1.165, 1.54) is 0 Å². The van der Waals surface area contributed by atoms with Crippen LogP contribution in [0.2, 0.25) is 12.6 Å². The summed E-state index contributed by atoms with van der Waals surface area (Å²) in [6.45, 7) is 18.2. The molecular weight excluding hydrogens is 780 g/mol. The van der Waals surface area contributed by atoms with Gasteiger partial charge in [0, 0.05) is 23.2 Å². The third-order valence-corrected chi connectivity index (χ3v) is 13.5. The van der Waals surface area contributed by atoms with E-state index in [9.17, 15) is 24.6 Å². The average Bonchev–Trinajstić information content (AvgIpc) is 3.20. The van der Waals surface area contributed by atoms with Gasteiger partial charge in [0.2, 0.25) is 0 Å². The molecule has 1 saturated heterocycles. The molecular formula is C46H61B2NO12. The number of carbonyl (C=O) groups excluding carboxylic acids is 4. The van der Waals surface area contributed by atoms with Crippen molar-refractivity contribution in [3.8, 4) is 0 Å². The second kappa shape index (κ2) is 17.6. The highest BCUT2D eigenvalue weighted by Crippen LogP contribution is 2.66. The van der Waals surface area contributed by atoms with E-state index in [0.29, 0.717) is 35.8 Å². The number of fused-ring (bicyclic) bond motifs is 5. The summed E-state index contributed by atoms with van der Waals surface area (Å²) in [5.74, 6) is -3.06. The number of ketones is 1. The maximum absolute atomic E-state index is 15.8. The molecule has 13 nitrogen and oxygen atoms in total. The van der Waals surface area contributed by atoms with Gasteiger partial charge in [0.1, 0.15) is 29.5 Å². The number of Topliss-reactive ketones (excluding diaryl/α,β-unsaturated/α-hetero) is 1. The number of aliphatic hydroxyl groups excluding tert-OH is 1. The van der Waals surface area contributed by atoms with E-state index in [0.717, 1.165) is 0 Å². The van der Waals surface area contributed by atoms with Crippen LogP contribution in [0.1, 0.15) is 104 Å². The predicted octanol–water partition coefficient (Wildman–Crippen LogP) is 6.13. The third-order valence-electron chi connectivity index (χ3n) is 13.5. The summed E-state index contributed by atoms with van der Waals surface area (Å²) < 4.78 is 37.4. The van der Waals surface area contributed by atoms with Gasteiger partial charge in [-0.2, -0.15) is 0 Å². The minimum Gasteiger partial charge on any atom is -0.456 e. The molecule has 61 heavy (non-hydrogen) atoms. The number of benzene rings is 2. The largest absolute Gasteiger partial charge is 0.456 e. The van der Waals surface area contributed by atoms with Gasteiger partial charge in [-0.05, 0) is 69.9 Å². The molecule has 2 saturated carbocycles. The third kappa shape index (κ3) is 8.45. The summed E-state index contributed by atoms with van der Waals surface area (Å²) in [4.78, 5) is 57.6. The van der Waals surface area contributed by atoms with Crippen LogP contribution < -0.4 is 5.32 Å². The van der Waals surface area contributed by atoms with Gasteiger partial charge in [-0.3, -0.25) is 4.79 Å². The molecule has 1 amide bonds. The topological polar surface area (TPSA) is 176 Å². The average molecular weight is 842 g/mol. The zero-order chi connectivity index (χ0) is 44.7. The van der Waals surface area contributed by atoms with Crippen molar-refractivity contribution in [2.75, 3.05) is 6.61 Å². The van der Waals surface area contributed by atoms with E-state index in [-0.39, 0.29) is 24.4 Å². The summed E-state index contributed by atoms with van der Waals surface area (Å²) in [6, 6.07) is 15.6. The Bertz CT molecular complexity index is 1970. The number of rotatable bonds is 13. The summed E-state index contributed by atoms with van der Waals surface area (Å²) >= 11 is 0. The molecule has 3 N–H and O–H groups in total. The lowest BCUT2D eigenvalue weighted by Gasteiger charge is -2.68. The smallest absolute Gasteiger partial charge is 0.408 e. The highest BCUT2D eigenvalue weighted by molar-refractivity contribution is 6.28. The Balaban J connectivity index is 1.52. The van der Waals surface area contributed by atoms with E-state index in [4.69, 9.17) is 28.3 Å². The van der Waals surface area contributed by atoms with Gasteiger partial charge in [0.05, 0.1) is 35.8 Å². The Hall–Kier alpha value is -4.01. The molecule has 1 aliphatic heterocycles. The summed E-state index contributed by atoms with van der Waals surface area (Å²) in [7, 11) is 3.20. The lowest BCUT2D eigenvalue weighted by molar-refractivity contribution is -0.311. The van der Waals surface area contributed by atoms with Gasteiger partial charge < -0.3 is 43.8 Å². The Morgan fingerprint density at radius 2 is 1.54 bits per heavy atom. The highest BCUT2D eigenvalue weighted by Gasteiger charge is 2.75. The number of hydrogen-bond donors (Lipinski definition) is 3. The van der Waals surface area contributed by atoms with Crippen molar-refractivity contribution in [1.82, 2.24) is 5.32 Å². The molecule has 0 aromatic heterocycles. The highest BCUT2D eigenvalue weighted by atomic mass is 16.6. The molecule has 328 valence electrons. The molecule has 2 bridgehead atoms. The van der Waals surface area contributed by atoms with E-state index in [1.54, 1.807) is 117 Å². The van der Waals surface area contributed by atoms with Crippen molar-refractivity contribution >= 4 is 38.8 Å². The van der Waals surface area contributed by atoms with Crippen LogP contribution in [0.25, 0.3) is 0 Å². The molecule has 0 spiro atoms. The normalized spacial score (nSPS) is 32.6. The van der Waals surface area contributed by atoms with Crippen LogP contribution in [-0.4, -0.2) is 103 Å². The second-order valence-corrected chi connectivity index (χ2v) is 18.9. The standard InChI is InChI=1S/C46H61B2NO12/c1-11-47-60-31-23-30-44(9,25-56-30)36-38(58-39(52)28-21-17-14-18-22-28)46(55)24-29(26(3)32(43(46,7)8)35(61-48-12-2)37(51)45(31,36)10)57-40(53)34(50)33(27-19-15-13-16-20-27)49-41(54)59-42(4,5)6/h13-22,29-31,33-36,38,50,55H,11-12,23-25H2,1-10H3,(H,49,54)/t29-,30+,31?,33-,34+,35+,36+,38-,44+,45+,46+/m0/s1. The predicted molar refractivity (Wildman–Crippen MR) is 227 cm³/mol. The number of nitrogens with one attached hydrogen (secondary N) is 1. The zero-order valence-electron chi connectivity index (χ0n) is 37.1. The van der Waals surface area contributed by atoms with Crippen LogP contribution in [0, 0.1) is 22.2 Å². The van der Waals surface area contributed by atoms with Crippen molar-refractivity contribution < 1.29 is 57.6 Å². The summed E-state index contributed by atoms with van der Waals surface area (Å²) in [6.07, 6.45) is -6.84. The summed E-state index contributed by atoms with van der Waals surface area (Å²) in [5.41, 5.74) is -5.06. The van der Waals surface area contributed by atoms with E-state index in [2.05, 4.69) is 5.32 Å². The zero-order valence-corrected chi connectivity index (χ0v) is 37.1. The van der Waals surface area contributed by atoms with Gasteiger partial charge in [0.15, 0.2) is 11.9 Å². The fourth-order valence-corrected chi connectivity index (χ4v) is 10.2. The fraction of sp³-hybridized carbons (Fsp3) is 0.609. The number of carbonyl (C=O) groups is 4. The molecule has 3 aliphatic carbocycles. The monoisotopic (exact) mass is 841 g/mol. The maximum Gasteiger partial charge on any atom is 0.408 e. The molecule has 15 heteroatoms. The minimum atomic E-state index is -2.05. The van der Waals surface area contributed by atoms with Gasteiger partial charge in [-0.15, -0.1) is 0 Å². The van der Waals surface area contributed by atoms with Crippen LogP contribution in [0.5, 0.6) is 0 Å². The minimum absolute atomic E-state index is 0.218. The Labute approximate surface area is 361 Å². The molecule has 4 aliphatic rings. The Morgan fingerprint density at radius 3 is 2.11 bits per heavy atom. The molecule has 6 rings (SSSR count). The van der Waals surface area contributed by atoms with Gasteiger partial charge in [0.25, 0.3) is 15.0 Å². The molecule has 11 atom stereocenters. The lowest BCUT2D eigenvalue weighted by Crippen LogP contribution is -2.78. The molecule has 1 heterocycles. The first kappa shape index (κ1) is 46.5. The fourth-order valence-electron chi connectivity index (χ4n) is 10.2. The number of hydrogen-bond acceptors (Lipinski definition) is 12. The number of aliphatic hydroxyl groups is 2. The van der Waals surface area contributed by atoms with Gasteiger partial charge in [-0.25, -0.2) is 14.4 Å². The molecule has 2 radical (unpaired) electrons. The number of esters is 2. The first-order valence-corrected chi connectivity index (χ1v) is 21.4.